The van der Waals surface area contributed by atoms with Crippen molar-refractivity contribution < 1.29 is 30.2 Å². The van der Waals surface area contributed by atoms with Crippen molar-refractivity contribution >= 4 is 55.7 Å². The fraction of sp³-hybridized carbons (Fsp3) is 0.176. The SMILES string of the molecule is CC(C)(C)c1cc(-c2cccc(-c3ccccc3)c2N2[CH-]N(c3[c-]c(Oc4[c-]c5c(cc4)c4oc6ccccc6c4n5-c4cc(C(C)(C)C)ccn4)cc(-c4ccccc4)c3)c3ccccc32)cc(C(C)(C)C)c1.[Pt]. The predicted molar refractivity (Wildman–Crippen MR) is 306 cm³/mol. The van der Waals surface area contributed by atoms with Gasteiger partial charge >= 0.3 is 0 Å². The Labute approximate surface area is 455 Å². The molecule has 0 saturated carbocycles. The standard InChI is InChI=1S/C68H59N4O2.Pt/c1-66(2,3)48-33-34-69-62(40-48)72-60-42-52(31-32-56(60)65-64(72)57-25-16-19-30-61(57)74-65)73-53-38-46(44-21-12-10-13-22-44)37-51(41-53)70-43-71(59-29-18-17-28-58(59)70)63-54(45-23-14-11-15-24-45)26-20-27-55(63)47-35-49(67(4,5)6)39-50(36-47)68(7,8)9;/h10-40,43H,1-9H3;/q-3;. The number of para-hydroxylation sites is 4. The Hall–Kier alpha value is -7.66. The summed E-state index contributed by atoms with van der Waals surface area (Å²) in [7, 11) is 0. The number of furan rings is 1. The zero-order valence-electron chi connectivity index (χ0n) is 43.9. The second-order valence-corrected chi connectivity index (χ2v) is 22.6. The van der Waals surface area contributed by atoms with Crippen molar-refractivity contribution in [1.82, 2.24) is 9.55 Å². The molecular weight excluding hydrogens is 1100 g/mol. The van der Waals surface area contributed by atoms with E-state index in [-0.39, 0.29) is 37.3 Å². The van der Waals surface area contributed by atoms with Crippen LogP contribution in [0.1, 0.15) is 79.0 Å². The molecule has 1 aliphatic rings. The van der Waals surface area contributed by atoms with Gasteiger partial charge in [-0.15, -0.1) is 48.3 Å². The maximum absolute atomic E-state index is 6.98. The molecule has 8 aromatic carbocycles. The second-order valence-electron chi connectivity index (χ2n) is 22.6. The van der Waals surface area contributed by atoms with Crippen LogP contribution in [0, 0.1) is 18.8 Å². The van der Waals surface area contributed by atoms with Gasteiger partial charge < -0.3 is 23.5 Å². The topological polar surface area (TPSA) is 46.7 Å². The quantitative estimate of drug-likeness (QED) is 0.142. The minimum absolute atomic E-state index is 0. The van der Waals surface area contributed by atoms with Crippen molar-refractivity contribution in [3.63, 3.8) is 0 Å². The molecule has 0 fully saturated rings. The van der Waals surface area contributed by atoms with E-state index in [0.717, 1.165) is 89.4 Å². The predicted octanol–water partition coefficient (Wildman–Crippen LogP) is 18.6. The van der Waals surface area contributed by atoms with Gasteiger partial charge in [0.05, 0.1) is 5.52 Å². The molecule has 0 saturated heterocycles. The van der Waals surface area contributed by atoms with Crippen molar-refractivity contribution in [1.29, 1.82) is 0 Å². The van der Waals surface area contributed by atoms with Gasteiger partial charge in [-0.25, -0.2) is 4.98 Å². The number of benzene rings is 8. The molecule has 0 amide bonds. The molecule has 11 aromatic rings. The van der Waals surface area contributed by atoms with Crippen LogP contribution in [0.25, 0.3) is 72.2 Å². The van der Waals surface area contributed by atoms with E-state index in [1.165, 1.54) is 22.3 Å². The molecule has 0 radical (unpaired) electrons. The maximum Gasteiger partial charge on any atom is 0.136 e. The molecule has 6 nitrogen and oxygen atoms in total. The Morgan fingerprint density at radius 2 is 1.11 bits per heavy atom. The minimum Gasteiger partial charge on any atom is -0.509 e. The summed E-state index contributed by atoms with van der Waals surface area (Å²) in [6.07, 6.45) is 1.89. The molecule has 0 atom stereocenters. The molecule has 376 valence electrons. The molecule has 0 bridgehead atoms. The van der Waals surface area contributed by atoms with Crippen LogP contribution >= 0.6 is 0 Å². The Bertz CT molecular complexity index is 3890. The van der Waals surface area contributed by atoms with E-state index in [4.69, 9.17) is 14.1 Å². The van der Waals surface area contributed by atoms with Crippen LogP contribution in [0.5, 0.6) is 11.5 Å². The van der Waals surface area contributed by atoms with Gasteiger partial charge in [-0.1, -0.05) is 195 Å². The van der Waals surface area contributed by atoms with E-state index in [0.29, 0.717) is 11.5 Å². The summed E-state index contributed by atoms with van der Waals surface area (Å²) >= 11 is 0. The van der Waals surface area contributed by atoms with Crippen LogP contribution in [-0.2, 0) is 37.3 Å². The van der Waals surface area contributed by atoms with E-state index >= 15 is 0 Å². The average Bonchev–Trinajstić information content (AvgIpc) is 4.08. The Balaban J connectivity index is 0.00000602. The molecule has 4 heterocycles. The molecular formula is C68H59N4O2Pt-3. The molecule has 12 rings (SSSR count). The monoisotopic (exact) mass is 1160 g/mol. The number of rotatable bonds is 8. The van der Waals surface area contributed by atoms with Gasteiger partial charge in [0, 0.05) is 72.3 Å². The van der Waals surface area contributed by atoms with E-state index in [1.54, 1.807) is 0 Å². The van der Waals surface area contributed by atoms with Crippen LogP contribution in [0.3, 0.4) is 0 Å². The summed E-state index contributed by atoms with van der Waals surface area (Å²) in [6.45, 7) is 22.7. The first kappa shape index (κ1) is 49.5. The number of hydrogen-bond donors (Lipinski definition) is 0. The van der Waals surface area contributed by atoms with E-state index in [1.807, 2.05) is 30.5 Å². The van der Waals surface area contributed by atoms with Gasteiger partial charge in [0.2, 0.25) is 0 Å². The van der Waals surface area contributed by atoms with Crippen LogP contribution < -0.4 is 14.5 Å². The van der Waals surface area contributed by atoms with Crippen molar-refractivity contribution in [2.24, 2.45) is 0 Å². The van der Waals surface area contributed by atoms with Crippen LogP contribution in [0.15, 0.2) is 193 Å². The van der Waals surface area contributed by atoms with E-state index in [9.17, 15) is 0 Å². The van der Waals surface area contributed by atoms with E-state index in [2.05, 4.69) is 253 Å². The van der Waals surface area contributed by atoms with Gasteiger partial charge in [0.1, 0.15) is 17.0 Å². The summed E-state index contributed by atoms with van der Waals surface area (Å²) < 4.78 is 15.8. The van der Waals surface area contributed by atoms with Gasteiger partial charge in [-0.05, 0) is 86.0 Å². The first-order chi connectivity index (χ1) is 35.6. The first-order valence-corrected chi connectivity index (χ1v) is 25.6. The number of nitrogens with zero attached hydrogens (tertiary/aromatic N) is 4. The third kappa shape index (κ3) is 9.14. The van der Waals surface area contributed by atoms with Crippen molar-refractivity contribution in [3.8, 4) is 50.7 Å². The minimum atomic E-state index is -0.0837. The fourth-order valence-electron chi connectivity index (χ4n) is 10.3. The summed E-state index contributed by atoms with van der Waals surface area (Å²) in [4.78, 5) is 9.57. The summed E-state index contributed by atoms with van der Waals surface area (Å²) in [5.74, 6) is 1.89. The van der Waals surface area contributed by atoms with Gasteiger partial charge in [-0.3, -0.25) is 0 Å². The van der Waals surface area contributed by atoms with Gasteiger partial charge in [-0.2, -0.15) is 6.07 Å². The number of ether oxygens (including phenoxy) is 1. The summed E-state index contributed by atoms with van der Waals surface area (Å²) in [5.41, 5.74) is 17.7. The average molecular weight is 1160 g/mol. The van der Waals surface area contributed by atoms with Gasteiger partial charge in [0.15, 0.2) is 0 Å². The van der Waals surface area contributed by atoms with Crippen LogP contribution in [0.4, 0.5) is 22.7 Å². The first-order valence-electron chi connectivity index (χ1n) is 25.6. The molecule has 0 N–H and O–H groups in total. The zero-order chi connectivity index (χ0) is 51.1. The molecule has 3 aromatic heterocycles. The van der Waals surface area contributed by atoms with Crippen molar-refractivity contribution in [2.45, 2.75) is 78.6 Å². The maximum atomic E-state index is 6.98. The fourth-order valence-corrected chi connectivity index (χ4v) is 10.3. The smallest absolute Gasteiger partial charge is 0.136 e. The molecule has 0 spiro atoms. The Kier molecular flexibility index (Phi) is 12.5. The number of hydrogen-bond acceptors (Lipinski definition) is 5. The summed E-state index contributed by atoms with van der Waals surface area (Å²) in [5, 5.41) is 1.93. The van der Waals surface area contributed by atoms with Crippen LogP contribution in [0.2, 0.25) is 0 Å². The Morgan fingerprint density at radius 1 is 0.493 bits per heavy atom. The molecule has 1 aliphatic heterocycles. The van der Waals surface area contributed by atoms with Crippen LogP contribution in [-0.4, -0.2) is 9.55 Å². The number of pyridine rings is 1. The largest absolute Gasteiger partial charge is 0.509 e. The third-order valence-electron chi connectivity index (χ3n) is 14.4. The third-order valence-corrected chi connectivity index (χ3v) is 14.4. The second kappa shape index (κ2) is 18.9. The summed E-state index contributed by atoms with van der Waals surface area (Å²) in [6, 6.07) is 72.0. The number of fused-ring (bicyclic) bond motifs is 6. The normalized spacial score (nSPS) is 12.9. The van der Waals surface area contributed by atoms with Crippen molar-refractivity contribution in [3.05, 3.63) is 224 Å². The molecule has 0 unspecified atom stereocenters. The molecule has 75 heavy (non-hydrogen) atoms. The molecule has 0 aliphatic carbocycles. The Morgan fingerprint density at radius 3 is 1.79 bits per heavy atom. The molecule has 7 heteroatoms. The van der Waals surface area contributed by atoms with Gasteiger partial charge in [0.25, 0.3) is 0 Å². The number of anilines is 4. The van der Waals surface area contributed by atoms with Crippen molar-refractivity contribution in [2.75, 3.05) is 9.80 Å². The van der Waals surface area contributed by atoms with E-state index < -0.39 is 0 Å². The number of aromatic nitrogens is 2. The zero-order valence-corrected chi connectivity index (χ0v) is 46.2.